The van der Waals surface area contributed by atoms with Gasteiger partial charge in [-0.1, -0.05) is 0 Å². The molecule has 3 unspecified atom stereocenters. The van der Waals surface area contributed by atoms with Gasteiger partial charge in [0, 0.05) is 25.7 Å². The molecule has 3 aliphatic rings. The molecule has 4 heteroatoms. The van der Waals surface area contributed by atoms with Gasteiger partial charge in [0.25, 0.3) is 0 Å². The Kier molecular flexibility index (Phi) is 2.86. The van der Waals surface area contributed by atoms with Crippen molar-refractivity contribution < 1.29 is 9.53 Å². The molecule has 3 heterocycles. The Balaban J connectivity index is 1.60. The molecule has 0 aromatic heterocycles. The summed E-state index contributed by atoms with van der Waals surface area (Å²) in [4.78, 5) is 14.3. The van der Waals surface area contributed by atoms with Gasteiger partial charge in [-0.25, -0.2) is 0 Å². The Labute approximate surface area is 96.3 Å². The normalized spacial score (nSPS) is 38.8. The standard InChI is InChI=1S/C12H20N2O2/c15-12(10-3-6-16-8-10)14-5-2-11-9(7-14)1-4-13-11/h9-11,13H,1-8H2. The van der Waals surface area contributed by atoms with E-state index in [-0.39, 0.29) is 5.92 Å². The number of hydrogen-bond donors (Lipinski definition) is 1. The number of carbonyl (C=O) groups is 1. The Morgan fingerprint density at radius 1 is 1.31 bits per heavy atom. The number of piperidine rings is 1. The Morgan fingerprint density at radius 3 is 3.06 bits per heavy atom. The van der Waals surface area contributed by atoms with Gasteiger partial charge in [0.2, 0.25) is 5.91 Å². The van der Waals surface area contributed by atoms with Gasteiger partial charge in [-0.3, -0.25) is 4.79 Å². The first kappa shape index (κ1) is 10.5. The van der Waals surface area contributed by atoms with Crippen molar-refractivity contribution in [1.82, 2.24) is 10.2 Å². The molecule has 1 N–H and O–H groups in total. The second-order valence-electron chi connectivity index (χ2n) is 5.24. The van der Waals surface area contributed by atoms with Crippen LogP contribution in [0.15, 0.2) is 0 Å². The zero-order chi connectivity index (χ0) is 11.0. The van der Waals surface area contributed by atoms with E-state index in [1.54, 1.807) is 0 Å². The molecular formula is C12H20N2O2. The summed E-state index contributed by atoms with van der Waals surface area (Å²) in [5.41, 5.74) is 0. The molecule has 90 valence electrons. The third kappa shape index (κ3) is 1.84. The van der Waals surface area contributed by atoms with Crippen molar-refractivity contribution in [2.24, 2.45) is 11.8 Å². The van der Waals surface area contributed by atoms with Crippen LogP contribution in [0.4, 0.5) is 0 Å². The Bertz CT molecular complexity index is 276. The molecule has 3 atom stereocenters. The molecule has 4 nitrogen and oxygen atoms in total. The van der Waals surface area contributed by atoms with Crippen molar-refractivity contribution >= 4 is 5.91 Å². The SMILES string of the molecule is O=C(C1CCOC1)N1CCC2NCCC2C1. The molecular weight excluding hydrogens is 204 g/mol. The van der Waals surface area contributed by atoms with Gasteiger partial charge in [0.15, 0.2) is 0 Å². The van der Waals surface area contributed by atoms with E-state index in [0.29, 0.717) is 24.5 Å². The van der Waals surface area contributed by atoms with Crippen molar-refractivity contribution in [2.45, 2.75) is 25.3 Å². The van der Waals surface area contributed by atoms with Gasteiger partial charge in [-0.15, -0.1) is 0 Å². The minimum atomic E-state index is 0.144. The lowest BCUT2D eigenvalue weighted by Crippen LogP contribution is -2.48. The van der Waals surface area contributed by atoms with Crippen LogP contribution in [0.1, 0.15) is 19.3 Å². The first-order valence-corrected chi connectivity index (χ1v) is 6.44. The molecule has 1 amide bonds. The van der Waals surface area contributed by atoms with Crippen molar-refractivity contribution in [3.8, 4) is 0 Å². The van der Waals surface area contributed by atoms with Crippen molar-refractivity contribution in [3.63, 3.8) is 0 Å². The second kappa shape index (κ2) is 4.34. The molecule has 0 saturated carbocycles. The largest absolute Gasteiger partial charge is 0.381 e. The fraction of sp³-hybridized carbons (Fsp3) is 0.917. The van der Waals surface area contributed by atoms with Crippen LogP contribution in [0, 0.1) is 11.8 Å². The van der Waals surface area contributed by atoms with Gasteiger partial charge in [-0.2, -0.15) is 0 Å². The average molecular weight is 224 g/mol. The summed E-state index contributed by atoms with van der Waals surface area (Å²) < 4.78 is 5.30. The van der Waals surface area contributed by atoms with Crippen LogP contribution in [0.3, 0.4) is 0 Å². The highest BCUT2D eigenvalue weighted by atomic mass is 16.5. The predicted octanol–water partition coefficient (Wildman–Crippen LogP) is 0.233. The maximum Gasteiger partial charge on any atom is 0.228 e. The first-order valence-electron chi connectivity index (χ1n) is 6.44. The average Bonchev–Trinajstić information content (AvgIpc) is 2.98. The molecule has 0 aliphatic carbocycles. The maximum atomic E-state index is 12.2. The quantitative estimate of drug-likeness (QED) is 0.693. The number of nitrogens with zero attached hydrogens (tertiary/aromatic N) is 1. The van der Waals surface area contributed by atoms with E-state index in [9.17, 15) is 4.79 Å². The fourth-order valence-corrected chi connectivity index (χ4v) is 3.24. The number of ether oxygens (including phenoxy) is 1. The third-order valence-electron chi connectivity index (χ3n) is 4.25. The molecule has 0 aromatic rings. The van der Waals surface area contributed by atoms with E-state index in [1.807, 2.05) is 0 Å². The maximum absolute atomic E-state index is 12.2. The van der Waals surface area contributed by atoms with Crippen molar-refractivity contribution in [3.05, 3.63) is 0 Å². The highest BCUT2D eigenvalue weighted by Gasteiger charge is 2.36. The smallest absolute Gasteiger partial charge is 0.228 e. The molecule has 0 aromatic carbocycles. The lowest BCUT2D eigenvalue weighted by molar-refractivity contribution is -0.137. The van der Waals surface area contributed by atoms with Gasteiger partial charge >= 0.3 is 0 Å². The summed E-state index contributed by atoms with van der Waals surface area (Å²) in [6.07, 6.45) is 3.28. The van der Waals surface area contributed by atoms with E-state index >= 15 is 0 Å². The molecule has 16 heavy (non-hydrogen) atoms. The first-order chi connectivity index (χ1) is 7.84. The number of nitrogens with one attached hydrogen (secondary N) is 1. The third-order valence-corrected chi connectivity index (χ3v) is 4.25. The summed E-state index contributed by atoms with van der Waals surface area (Å²) in [6.45, 7) is 4.43. The molecule has 0 bridgehead atoms. The van der Waals surface area contributed by atoms with E-state index < -0.39 is 0 Å². The van der Waals surface area contributed by atoms with E-state index in [0.717, 1.165) is 39.1 Å². The van der Waals surface area contributed by atoms with E-state index in [1.165, 1.54) is 6.42 Å². The molecule has 3 saturated heterocycles. The van der Waals surface area contributed by atoms with Crippen molar-refractivity contribution in [2.75, 3.05) is 32.8 Å². The summed E-state index contributed by atoms with van der Waals surface area (Å²) in [5, 5.41) is 3.52. The molecule has 3 aliphatic heterocycles. The van der Waals surface area contributed by atoms with Crippen LogP contribution >= 0.6 is 0 Å². The monoisotopic (exact) mass is 224 g/mol. The fourth-order valence-electron chi connectivity index (χ4n) is 3.24. The van der Waals surface area contributed by atoms with Gasteiger partial charge in [-0.05, 0) is 31.7 Å². The van der Waals surface area contributed by atoms with Crippen LogP contribution in [-0.4, -0.2) is 49.7 Å². The summed E-state index contributed by atoms with van der Waals surface area (Å²) in [7, 11) is 0. The number of fused-ring (bicyclic) bond motifs is 1. The highest BCUT2D eigenvalue weighted by molar-refractivity contribution is 5.79. The second-order valence-corrected chi connectivity index (χ2v) is 5.24. The van der Waals surface area contributed by atoms with Gasteiger partial charge < -0.3 is 15.0 Å². The Morgan fingerprint density at radius 2 is 2.25 bits per heavy atom. The number of amides is 1. The topological polar surface area (TPSA) is 41.6 Å². The highest BCUT2D eigenvalue weighted by Crippen LogP contribution is 2.26. The molecule has 3 fully saturated rings. The minimum Gasteiger partial charge on any atom is -0.381 e. The lowest BCUT2D eigenvalue weighted by Gasteiger charge is -2.36. The number of likely N-dealkylation sites (tertiary alicyclic amines) is 1. The van der Waals surface area contributed by atoms with Gasteiger partial charge in [0.05, 0.1) is 12.5 Å². The minimum absolute atomic E-state index is 0.144. The van der Waals surface area contributed by atoms with Crippen LogP contribution < -0.4 is 5.32 Å². The summed E-state index contributed by atoms with van der Waals surface area (Å²) >= 11 is 0. The zero-order valence-corrected chi connectivity index (χ0v) is 9.65. The summed E-state index contributed by atoms with van der Waals surface area (Å²) in [6, 6.07) is 0.670. The predicted molar refractivity (Wildman–Crippen MR) is 60.0 cm³/mol. The number of rotatable bonds is 1. The van der Waals surface area contributed by atoms with Crippen LogP contribution in [-0.2, 0) is 9.53 Å². The van der Waals surface area contributed by atoms with E-state index in [4.69, 9.17) is 4.74 Å². The molecule has 3 rings (SSSR count). The molecule has 0 spiro atoms. The number of hydrogen-bond acceptors (Lipinski definition) is 3. The zero-order valence-electron chi connectivity index (χ0n) is 9.65. The lowest BCUT2D eigenvalue weighted by atomic mass is 9.92. The van der Waals surface area contributed by atoms with Crippen LogP contribution in [0.2, 0.25) is 0 Å². The van der Waals surface area contributed by atoms with Crippen LogP contribution in [0.5, 0.6) is 0 Å². The Hall–Kier alpha value is -0.610. The molecule has 0 radical (unpaired) electrons. The van der Waals surface area contributed by atoms with E-state index in [2.05, 4.69) is 10.2 Å². The summed E-state index contributed by atoms with van der Waals surface area (Å²) in [5.74, 6) is 1.17. The van der Waals surface area contributed by atoms with Gasteiger partial charge in [0.1, 0.15) is 0 Å². The van der Waals surface area contributed by atoms with Crippen molar-refractivity contribution in [1.29, 1.82) is 0 Å². The van der Waals surface area contributed by atoms with Crippen LogP contribution in [0.25, 0.3) is 0 Å². The number of carbonyl (C=O) groups excluding carboxylic acids is 1.